The van der Waals surface area contributed by atoms with Crippen molar-refractivity contribution < 1.29 is 0 Å². The van der Waals surface area contributed by atoms with Crippen molar-refractivity contribution in [3.8, 4) is 22.3 Å². The Morgan fingerprint density at radius 2 is 1.05 bits per heavy atom. The molecule has 1 heteroatoms. The average Bonchev–Trinajstić information content (AvgIpc) is 3.27. The van der Waals surface area contributed by atoms with Gasteiger partial charge in [-0.2, -0.15) is 0 Å². The van der Waals surface area contributed by atoms with Gasteiger partial charge in [-0.05, 0) is 160 Å². The number of benzene rings is 8. The fraction of sp³-hybridized carbons (Fsp3) is 0.103. The number of rotatable bonds is 10. The molecule has 0 aliphatic carbocycles. The van der Waals surface area contributed by atoms with Gasteiger partial charge in [-0.15, -0.1) is 0 Å². The smallest absolute Gasteiger partial charge is 0.0461 e. The van der Waals surface area contributed by atoms with Gasteiger partial charge in [0.15, 0.2) is 0 Å². The van der Waals surface area contributed by atoms with E-state index in [1.54, 1.807) is 0 Å². The Labute approximate surface area is 351 Å². The Balaban J connectivity index is 0.000000684. The van der Waals surface area contributed by atoms with Crippen LogP contribution in [0.25, 0.3) is 60.1 Å². The second kappa shape index (κ2) is 18.5. The molecule has 8 rings (SSSR count). The molecular weight excluding hydrogens is 711 g/mol. The maximum atomic E-state index is 4.42. The van der Waals surface area contributed by atoms with Crippen LogP contribution in [0.5, 0.6) is 0 Å². The van der Waals surface area contributed by atoms with E-state index in [9.17, 15) is 0 Å². The molecule has 290 valence electrons. The molecule has 0 N–H and O–H groups in total. The zero-order chi connectivity index (χ0) is 41.3. The number of allylic oxidation sites excluding steroid dienone is 7. The molecule has 8 aromatic rings. The van der Waals surface area contributed by atoms with Gasteiger partial charge >= 0.3 is 0 Å². The first-order valence-corrected chi connectivity index (χ1v) is 20.6. The molecule has 0 aliphatic heterocycles. The Kier molecular flexibility index (Phi) is 12.6. The Hall–Kier alpha value is -6.96. The summed E-state index contributed by atoms with van der Waals surface area (Å²) in [5.41, 5.74) is 14.1. The summed E-state index contributed by atoms with van der Waals surface area (Å²) in [5.74, 6) is 0. The summed E-state index contributed by atoms with van der Waals surface area (Å²) in [7, 11) is 0. The fourth-order valence-corrected chi connectivity index (χ4v) is 7.91. The zero-order valence-corrected chi connectivity index (χ0v) is 35.0. The van der Waals surface area contributed by atoms with E-state index in [1.165, 1.54) is 77.0 Å². The van der Waals surface area contributed by atoms with Crippen LogP contribution in [-0.4, -0.2) is 0 Å². The van der Waals surface area contributed by atoms with Gasteiger partial charge in [-0.25, -0.2) is 0 Å². The van der Waals surface area contributed by atoms with Crippen LogP contribution in [0.2, 0.25) is 0 Å². The molecule has 0 spiro atoms. The molecule has 0 aliphatic rings. The number of fused-ring (bicyclic) bond motifs is 6. The summed E-state index contributed by atoms with van der Waals surface area (Å²) in [5, 5.41) is 7.58. The van der Waals surface area contributed by atoms with Crippen molar-refractivity contribution in [3.05, 3.63) is 235 Å². The quantitative estimate of drug-likeness (QED) is 0.0990. The molecule has 0 bridgehead atoms. The first kappa shape index (κ1) is 40.2. The topological polar surface area (TPSA) is 3.24 Å². The zero-order valence-electron chi connectivity index (χ0n) is 35.0. The van der Waals surface area contributed by atoms with Gasteiger partial charge in [-0.1, -0.05) is 171 Å². The van der Waals surface area contributed by atoms with Crippen molar-refractivity contribution in [2.45, 2.75) is 41.0 Å². The van der Waals surface area contributed by atoms with Crippen LogP contribution in [0.3, 0.4) is 0 Å². The van der Waals surface area contributed by atoms with Gasteiger partial charge in [0, 0.05) is 17.1 Å². The van der Waals surface area contributed by atoms with Gasteiger partial charge in [0.25, 0.3) is 0 Å². The molecular formula is C58H53N. The summed E-state index contributed by atoms with van der Waals surface area (Å²) in [6.45, 7) is 18.9. The Morgan fingerprint density at radius 1 is 0.559 bits per heavy atom. The van der Waals surface area contributed by atoms with Crippen LogP contribution >= 0.6 is 0 Å². The predicted octanol–water partition coefficient (Wildman–Crippen LogP) is 16.9. The van der Waals surface area contributed by atoms with Crippen LogP contribution in [0, 0.1) is 13.8 Å². The highest BCUT2D eigenvalue weighted by Crippen LogP contribution is 2.40. The third-order valence-corrected chi connectivity index (χ3v) is 11.0. The standard InChI is InChI=1S/C51H45N.C7H8/c1-7-15-35(4)37(6)49-32-40(23-22-36(49)5)41-27-31-48-47-30-26-39(33-50(47)45-20-13-14-21-46(45)51(48)34-41)38-24-28-44(29-25-38)52(42(16-8-2)17-9-3)43-18-11-10-12-19-43;1-7-5-3-2-4-6-7/h7-8,10-34H,1,6,9H2,2-5H3;2-6H,1H3/b16-8-,35-15-,42-17+;. The number of anilines is 2. The third kappa shape index (κ3) is 8.81. The van der Waals surface area contributed by atoms with E-state index >= 15 is 0 Å². The number of hydrogen-bond acceptors (Lipinski definition) is 1. The molecule has 8 aromatic carbocycles. The van der Waals surface area contributed by atoms with Gasteiger partial charge in [0.2, 0.25) is 0 Å². The van der Waals surface area contributed by atoms with Crippen LogP contribution in [0.4, 0.5) is 11.4 Å². The molecule has 1 nitrogen and oxygen atoms in total. The van der Waals surface area contributed by atoms with E-state index in [4.69, 9.17) is 0 Å². The normalized spacial score (nSPS) is 11.8. The lowest BCUT2D eigenvalue weighted by atomic mass is 9.89. The molecule has 59 heavy (non-hydrogen) atoms. The highest BCUT2D eigenvalue weighted by atomic mass is 15.1. The van der Waals surface area contributed by atoms with Gasteiger partial charge < -0.3 is 4.90 Å². The van der Waals surface area contributed by atoms with Crippen molar-refractivity contribution in [1.82, 2.24) is 0 Å². The summed E-state index contributed by atoms with van der Waals surface area (Å²) in [6, 6.07) is 59.3. The minimum absolute atomic E-state index is 0.957. The molecule has 0 amide bonds. The monoisotopic (exact) mass is 763 g/mol. The lowest BCUT2D eigenvalue weighted by Crippen LogP contribution is -2.15. The Morgan fingerprint density at radius 3 is 1.59 bits per heavy atom. The number of para-hydroxylation sites is 1. The summed E-state index contributed by atoms with van der Waals surface area (Å²) < 4.78 is 0. The highest BCUT2D eigenvalue weighted by Gasteiger charge is 2.15. The lowest BCUT2D eigenvalue weighted by Gasteiger charge is -2.26. The average molecular weight is 764 g/mol. The van der Waals surface area contributed by atoms with Crippen molar-refractivity contribution in [1.29, 1.82) is 0 Å². The Bertz CT molecular complexity index is 2830. The van der Waals surface area contributed by atoms with Gasteiger partial charge in [-0.3, -0.25) is 0 Å². The second-order valence-electron chi connectivity index (χ2n) is 15.1. The predicted molar refractivity (Wildman–Crippen MR) is 261 cm³/mol. The number of hydrogen-bond donors (Lipinski definition) is 0. The van der Waals surface area contributed by atoms with E-state index in [2.05, 4.69) is 216 Å². The van der Waals surface area contributed by atoms with Gasteiger partial charge in [0.1, 0.15) is 0 Å². The van der Waals surface area contributed by atoms with Crippen molar-refractivity contribution >= 4 is 49.3 Å². The van der Waals surface area contributed by atoms with Crippen molar-refractivity contribution in [2.24, 2.45) is 0 Å². The highest BCUT2D eigenvalue weighted by molar-refractivity contribution is 6.26. The van der Waals surface area contributed by atoms with Crippen molar-refractivity contribution in [3.63, 3.8) is 0 Å². The van der Waals surface area contributed by atoms with E-state index in [0.29, 0.717) is 0 Å². The third-order valence-electron chi connectivity index (χ3n) is 11.0. The molecule has 0 unspecified atom stereocenters. The van der Waals surface area contributed by atoms with Crippen LogP contribution in [0.15, 0.2) is 219 Å². The largest absolute Gasteiger partial charge is 0.311 e. The maximum Gasteiger partial charge on any atom is 0.0461 e. The first-order valence-electron chi connectivity index (χ1n) is 20.6. The molecule has 0 aromatic heterocycles. The van der Waals surface area contributed by atoms with E-state index in [-0.39, 0.29) is 0 Å². The summed E-state index contributed by atoms with van der Waals surface area (Å²) in [4.78, 5) is 2.33. The number of aryl methyl sites for hydroxylation is 2. The minimum atomic E-state index is 0.957. The molecule has 0 heterocycles. The lowest BCUT2D eigenvalue weighted by molar-refractivity contribution is 1.13. The molecule has 0 fully saturated rings. The van der Waals surface area contributed by atoms with E-state index < -0.39 is 0 Å². The van der Waals surface area contributed by atoms with Crippen LogP contribution in [-0.2, 0) is 0 Å². The number of nitrogens with zero attached hydrogens (tertiary/aromatic N) is 1. The van der Waals surface area contributed by atoms with Crippen LogP contribution < -0.4 is 4.90 Å². The van der Waals surface area contributed by atoms with Crippen LogP contribution in [0.1, 0.15) is 43.9 Å². The molecule has 0 radical (unpaired) electrons. The van der Waals surface area contributed by atoms with Gasteiger partial charge in [0.05, 0.1) is 0 Å². The molecule has 0 saturated heterocycles. The van der Waals surface area contributed by atoms with Crippen molar-refractivity contribution in [2.75, 3.05) is 4.90 Å². The fourth-order valence-electron chi connectivity index (χ4n) is 7.91. The molecule has 0 saturated carbocycles. The van der Waals surface area contributed by atoms with E-state index in [1.807, 2.05) is 30.4 Å². The SMILES string of the molecule is C=C/C=C(/C)C(=C)c1cc(-c2ccc3c4ccc(-c5ccc(N(C(/C=C\C)=C/CC)c6ccccc6)cc5)cc4c4ccccc4c3c2)ccc1C.Cc1ccccc1. The maximum absolute atomic E-state index is 4.42. The minimum Gasteiger partial charge on any atom is -0.311 e. The van der Waals surface area contributed by atoms with E-state index in [0.717, 1.165) is 28.9 Å². The second-order valence-corrected chi connectivity index (χ2v) is 15.1. The summed E-state index contributed by atoms with van der Waals surface area (Å²) in [6.07, 6.45) is 11.4. The first-order chi connectivity index (χ1) is 28.8. The molecule has 0 atom stereocenters. The summed E-state index contributed by atoms with van der Waals surface area (Å²) >= 11 is 0.